The predicted octanol–water partition coefficient (Wildman–Crippen LogP) is 1.56. The minimum atomic E-state index is -0.848. The number of hydrogen-bond donors (Lipinski definition) is 2. The Labute approximate surface area is 108 Å². The number of rotatable bonds is 7. The van der Waals surface area contributed by atoms with Crippen molar-refractivity contribution in [1.29, 1.82) is 0 Å². The number of nitrogens with one attached hydrogen (secondary N) is 1. The summed E-state index contributed by atoms with van der Waals surface area (Å²) in [4.78, 5) is 22.3. The Bertz CT molecular complexity index is 295. The van der Waals surface area contributed by atoms with Gasteiger partial charge in [0.05, 0.1) is 11.5 Å². The van der Waals surface area contributed by atoms with E-state index in [2.05, 4.69) is 5.32 Å². The summed E-state index contributed by atoms with van der Waals surface area (Å²) in [6.45, 7) is 3.75. The van der Waals surface area contributed by atoms with Gasteiger partial charge in [0.1, 0.15) is 6.61 Å². The molecule has 1 aliphatic rings. The van der Waals surface area contributed by atoms with E-state index in [0.717, 1.165) is 12.8 Å². The molecule has 18 heavy (non-hydrogen) atoms. The van der Waals surface area contributed by atoms with Gasteiger partial charge in [0.15, 0.2) is 0 Å². The molecule has 1 fully saturated rings. The number of aliphatic carboxylic acids is 1. The summed E-state index contributed by atoms with van der Waals surface area (Å²) in [6, 6.07) is 0. The molecule has 0 aromatic rings. The smallest absolute Gasteiger partial charge is 0.309 e. The van der Waals surface area contributed by atoms with Gasteiger partial charge in [-0.2, -0.15) is 0 Å². The summed E-state index contributed by atoms with van der Waals surface area (Å²) < 4.78 is 5.47. The first-order valence-electron chi connectivity index (χ1n) is 6.53. The number of carboxylic acid groups (broad SMARTS) is 1. The molecule has 1 amide bonds. The van der Waals surface area contributed by atoms with Gasteiger partial charge in [0.25, 0.3) is 0 Å². The van der Waals surface area contributed by atoms with Crippen molar-refractivity contribution in [3.05, 3.63) is 0 Å². The van der Waals surface area contributed by atoms with Crippen LogP contribution in [0.1, 0.15) is 46.0 Å². The molecule has 0 radical (unpaired) electrons. The molecule has 1 saturated carbocycles. The predicted molar refractivity (Wildman–Crippen MR) is 67.3 cm³/mol. The van der Waals surface area contributed by atoms with Crippen LogP contribution in [0.3, 0.4) is 0 Å². The minimum absolute atomic E-state index is 0.0815. The van der Waals surface area contributed by atoms with Crippen molar-refractivity contribution >= 4 is 11.9 Å². The van der Waals surface area contributed by atoms with Crippen molar-refractivity contribution in [1.82, 2.24) is 5.32 Å². The van der Waals surface area contributed by atoms with Gasteiger partial charge in [-0.1, -0.05) is 12.8 Å². The van der Waals surface area contributed by atoms with Crippen LogP contribution in [0.15, 0.2) is 0 Å². The average Bonchev–Trinajstić information content (AvgIpc) is 2.78. The van der Waals surface area contributed by atoms with Gasteiger partial charge in [-0.15, -0.1) is 0 Å². The molecular formula is C13H23NO4. The Morgan fingerprint density at radius 3 is 2.50 bits per heavy atom. The van der Waals surface area contributed by atoms with Gasteiger partial charge in [-0.25, -0.2) is 0 Å². The van der Waals surface area contributed by atoms with Gasteiger partial charge < -0.3 is 15.2 Å². The highest BCUT2D eigenvalue weighted by atomic mass is 16.5. The Kier molecular flexibility index (Phi) is 5.59. The molecule has 104 valence electrons. The first kappa shape index (κ1) is 15.0. The number of carboxylic acids is 1. The molecule has 5 nitrogen and oxygen atoms in total. The maximum Gasteiger partial charge on any atom is 0.309 e. The zero-order valence-electron chi connectivity index (χ0n) is 11.2. The quantitative estimate of drug-likeness (QED) is 0.725. The summed E-state index contributed by atoms with van der Waals surface area (Å²) in [7, 11) is 0. The monoisotopic (exact) mass is 257 g/mol. The lowest BCUT2D eigenvalue weighted by Gasteiger charge is -2.19. The number of carbonyl (C=O) groups is 2. The van der Waals surface area contributed by atoms with Gasteiger partial charge in [0.2, 0.25) is 5.91 Å². The molecule has 2 N–H and O–H groups in total. The summed E-state index contributed by atoms with van der Waals surface area (Å²) >= 11 is 0. The molecule has 0 aromatic heterocycles. The van der Waals surface area contributed by atoms with E-state index < -0.39 is 11.4 Å². The number of hydrogen-bond acceptors (Lipinski definition) is 3. The van der Waals surface area contributed by atoms with Crippen molar-refractivity contribution in [3.8, 4) is 0 Å². The van der Waals surface area contributed by atoms with Crippen molar-refractivity contribution in [2.75, 3.05) is 13.2 Å². The molecule has 0 atom stereocenters. The SMILES string of the molecule is CC(C)(CCNC(=O)COC1CCCC1)C(=O)O. The van der Waals surface area contributed by atoms with Crippen molar-refractivity contribution in [3.63, 3.8) is 0 Å². The molecule has 0 aliphatic heterocycles. The number of amides is 1. The van der Waals surface area contributed by atoms with E-state index in [-0.39, 0.29) is 18.6 Å². The van der Waals surface area contributed by atoms with Crippen LogP contribution in [-0.4, -0.2) is 36.2 Å². The standard InChI is InChI=1S/C13H23NO4/c1-13(2,12(16)17)7-8-14-11(15)9-18-10-5-3-4-6-10/h10H,3-9H2,1-2H3,(H,14,15)(H,16,17). The van der Waals surface area contributed by atoms with Gasteiger partial charge in [-0.05, 0) is 33.1 Å². The van der Waals surface area contributed by atoms with E-state index in [1.807, 2.05) is 0 Å². The molecule has 5 heteroatoms. The zero-order valence-corrected chi connectivity index (χ0v) is 11.2. The molecule has 0 saturated heterocycles. The van der Waals surface area contributed by atoms with Crippen LogP contribution < -0.4 is 5.32 Å². The molecule has 0 unspecified atom stereocenters. The average molecular weight is 257 g/mol. The molecule has 1 aliphatic carbocycles. The van der Waals surface area contributed by atoms with Crippen LogP contribution in [0.4, 0.5) is 0 Å². The van der Waals surface area contributed by atoms with Crippen molar-refractivity contribution in [2.24, 2.45) is 5.41 Å². The third kappa shape index (κ3) is 5.04. The van der Waals surface area contributed by atoms with Crippen LogP contribution in [0, 0.1) is 5.41 Å². The summed E-state index contributed by atoms with van der Waals surface area (Å²) in [6.07, 6.45) is 5.08. The van der Waals surface area contributed by atoms with Crippen LogP contribution in [0.2, 0.25) is 0 Å². The lowest BCUT2D eigenvalue weighted by atomic mass is 9.90. The molecule has 0 aromatic carbocycles. The Morgan fingerprint density at radius 2 is 1.94 bits per heavy atom. The van der Waals surface area contributed by atoms with E-state index in [4.69, 9.17) is 9.84 Å². The first-order chi connectivity index (χ1) is 8.42. The van der Waals surface area contributed by atoms with Crippen LogP contribution in [0.5, 0.6) is 0 Å². The van der Waals surface area contributed by atoms with Gasteiger partial charge >= 0.3 is 5.97 Å². The van der Waals surface area contributed by atoms with Gasteiger partial charge in [0, 0.05) is 6.54 Å². The summed E-state index contributed by atoms with van der Waals surface area (Å²) in [5.74, 6) is -1.01. The largest absolute Gasteiger partial charge is 0.481 e. The fraction of sp³-hybridized carbons (Fsp3) is 0.846. The van der Waals surface area contributed by atoms with E-state index in [9.17, 15) is 9.59 Å². The van der Waals surface area contributed by atoms with E-state index in [1.54, 1.807) is 13.8 Å². The Hall–Kier alpha value is -1.10. The second-order valence-electron chi connectivity index (χ2n) is 5.51. The van der Waals surface area contributed by atoms with Crippen molar-refractivity contribution in [2.45, 2.75) is 52.1 Å². The second-order valence-corrected chi connectivity index (χ2v) is 5.51. The fourth-order valence-electron chi connectivity index (χ4n) is 1.92. The summed E-state index contributed by atoms with van der Waals surface area (Å²) in [5, 5.41) is 11.6. The molecule has 0 spiro atoms. The van der Waals surface area contributed by atoms with Gasteiger partial charge in [-0.3, -0.25) is 9.59 Å². The highest BCUT2D eigenvalue weighted by Gasteiger charge is 2.26. The fourth-order valence-corrected chi connectivity index (χ4v) is 1.92. The Balaban J connectivity index is 2.11. The number of ether oxygens (including phenoxy) is 1. The maximum absolute atomic E-state index is 11.5. The van der Waals surface area contributed by atoms with E-state index >= 15 is 0 Å². The maximum atomic E-state index is 11.5. The van der Waals surface area contributed by atoms with Crippen LogP contribution in [-0.2, 0) is 14.3 Å². The molecule has 0 bridgehead atoms. The number of carbonyl (C=O) groups excluding carboxylic acids is 1. The van der Waals surface area contributed by atoms with Crippen molar-refractivity contribution < 1.29 is 19.4 Å². The van der Waals surface area contributed by atoms with Crippen LogP contribution >= 0.6 is 0 Å². The first-order valence-corrected chi connectivity index (χ1v) is 6.53. The lowest BCUT2D eigenvalue weighted by molar-refractivity contribution is -0.147. The van der Waals surface area contributed by atoms with E-state index in [0.29, 0.717) is 13.0 Å². The Morgan fingerprint density at radius 1 is 1.33 bits per heavy atom. The zero-order chi connectivity index (χ0) is 13.6. The van der Waals surface area contributed by atoms with Crippen LogP contribution in [0.25, 0.3) is 0 Å². The highest BCUT2D eigenvalue weighted by Crippen LogP contribution is 2.21. The molecule has 0 heterocycles. The third-order valence-corrected chi connectivity index (χ3v) is 3.40. The highest BCUT2D eigenvalue weighted by molar-refractivity contribution is 5.77. The minimum Gasteiger partial charge on any atom is -0.481 e. The third-order valence-electron chi connectivity index (χ3n) is 3.40. The normalized spacial score (nSPS) is 16.8. The van der Waals surface area contributed by atoms with E-state index in [1.165, 1.54) is 12.8 Å². The molecular weight excluding hydrogens is 234 g/mol. The topological polar surface area (TPSA) is 75.6 Å². The second kappa shape index (κ2) is 6.73. The summed E-state index contributed by atoms with van der Waals surface area (Å²) in [5.41, 5.74) is -0.806. The lowest BCUT2D eigenvalue weighted by Crippen LogP contribution is -2.34. The molecule has 1 rings (SSSR count).